The van der Waals surface area contributed by atoms with Gasteiger partial charge in [-0.25, -0.2) is 0 Å². The minimum Gasteiger partial charge on any atom is -0.390 e. The third-order valence-corrected chi connectivity index (χ3v) is 4.12. The molecule has 1 N–H and O–H groups in total. The van der Waals surface area contributed by atoms with Crippen molar-refractivity contribution in [2.24, 2.45) is 0 Å². The number of β-amino-alcohol motifs (C(OH)–C–C–N with tert-alkyl or cyclic N) is 1. The van der Waals surface area contributed by atoms with E-state index >= 15 is 0 Å². The normalized spacial score (nSPS) is 22.7. The lowest BCUT2D eigenvalue weighted by molar-refractivity contribution is -0.129. The summed E-state index contributed by atoms with van der Waals surface area (Å²) in [7, 11) is 2.05. The number of rotatable bonds is 7. The topological polar surface area (TPSA) is 47.0 Å². The molecule has 0 radical (unpaired) electrons. The van der Waals surface area contributed by atoms with Gasteiger partial charge in [0.2, 0.25) is 5.91 Å². The maximum absolute atomic E-state index is 11.5. The molecule has 5 heteroatoms. The summed E-state index contributed by atoms with van der Waals surface area (Å²) >= 11 is 0. The van der Waals surface area contributed by atoms with Crippen LogP contribution in [0, 0.1) is 0 Å². The highest BCUT2D eigenvalue weighted by atomic mass is 16.3. The van der Waals surface area contributed by atoms with Gasteiger partial charge in [0.15, 0.2) is 0 Å². The first-order valence-corrected chi connectivity index (χ1v) is 7.52. The molecule has 19 heavy (non-hydrogen) atoms. The van der Waals surface area contributed by atoms with E-state index in [0.717, 1.165) is 26.1 Å². The average Bonchev–Trinajstić information content (AvgIpc) is 2.99. The molecule has 0 aromatic carbocycles. The molecule has 1 atom stereocenters. The van der Waals surface area contributed by atoms with Crippen LogP contribution in [0.15, 0.2) is 0 Å². The van der Waals surface area contributed by atoms with E-state index in [2.05, 4.69) is 9.80 Å². The van der Waals surface area contributed by atoms with Gasteiger partial charge in [0.25, 0.3) is 0 Å². The molecular formula is C14H27N3O2. The Bertz CT molecular complexity index is 292. The maximum atomic E-state index is 11.5. The van der Waals surface area contributed by atoms with E-state index in [1.165, 1.54) is 25.9 Å². The van der Waals surface area contributed by atoms with E-state index in [4.69, 9.17) is 0 Å². The number of carbonyl (C=O) groups is 1. The molecule has 1 amide bonds. The van der Waals surface area contributed by atoms with Crippen molar-refractivity contribution >= 4 is 5.91 Å². The summed E-state index contributed by atoms with van der Waals surface area (Å²) in [5.74, 6) is 0.193. The zero-order valence-corrected chi connectivity index (χ0v) is 12.1. The molecule has 5 nitrogen and oxygen atoms in total. The second kappa shape index (κ2) is 7.22. The molecule has 110 valence electrons. The Morgan fingerprint density at radius 1 is 1.26 bits per heavy atom. The van der Waals surface area contributed by atoms with Crippen molar-refractivity contribution < 1.29 is 9.90 Å². The number of carbonyl (C=O) groups excluding carboxylic acids is 1. The lowest BCUT2D eigenvalue weighted by Gasteiger charge is -2.26. The fourth-order valence-corrected chi connectivity index (χ4v) is 2.98. The van der Waals surface area contributed by atoms with Crippen molar-refractivity contribution in [1.82, 2.24) is 14.7 Å². The Hall–Kier alpha value is -0.650. The molecule has 2 rings (SSSR count). The van der Waals surface area contributed by atoms with Gasteiger partial charge < -0.3 is 19.8 Å². The number of likely N-dealkylation sites (tertiary alicyclic amines) is 2. The second-order valence-electron chi connectivity index (χ2n) is 5.91. The van der Waals surface area contributed by atoms with E-state index < -0.39 is 6.10 Å². The molecule has 0 spiro atoms. The molecule has 2 aliphatic heterocycles. The van der Waals surface area contributed by atoms with Crippen LogP contribution < -0.4 is 0 Å². The third kappa shape index (κ3) is 4.75. The number of likely N-dealkylation sites (N-methyl/N-ethyl adjacent to an activating group) is 1. The Labute approximate surface area is 116 Å². The molecule has 0 aromatic heterocycles. The van der Waals surface area contributed by atoms with Gasteiger partial charge in [-0.2, -0.15) is 0 Å². The molecular weight excluding hydrogens is 242 g/mol. The molecule has 0 aliphatic carbocycles. The summed E-state index contributed by atoms with van der Waals surface area (Å²) in [5, 5.41) is 10.0. The summed E-state index contributed by atoms with van der Waals surface area (Å²) in [6.45, 7) is 6.48. The minimum absolute atomic E-state index is 0.193. The summed E-state index contributed by atoms with van der Waals surface area (Å²) in [5.41, 5.74) is 0. The van der Waals surface area contributed by atoms with Gasteiger partial charge in [0.1, 0.15) is 0 Å². The zero-order valence-electron chi connectivity index (χ0n) is 12.1. The van der Waals surface area contributed by atoms with Crippen LogP contribution in [0.5, 0.6) is 0 Å². The predicted octanol–water partition coefficient (Wildman–Crippen LogP) is -0.00270. The van der Waals surface area contributed by atoms with Crippen LogP contribution in [-0.2, 0) is 4.79 Å². The van der Waals surface area contributed by atoms with Crippen LogP contribution in [0.1, 0.15) is 25.7 Å². The lowest BCUT2D eigenvalue weighted by Crippen LogP contribution is -2.41. The van der Waals surface area contributed by atoms with Crippen LogP contribution in [0.25, 0.3) is 0 Å². The van der Waals surface area contributed by atoms with Gasteiger partial charge >= 0.3 is 0 Å². The summed E-state index contributed by atoms with van der Waals surface area (Å²) < 4.78 is 0. The number of hydrogen-bond donors (Lipinski definition) is 1. The fraction of sp³-hybridized carbons (Fsp3) is 0.929. The van der Waals surface area contributed by atoms with E-state index in [-0.39, 0.29) is 5.91 Å². The number of amides is 1. The molecule has 1 unspecified atom stereocenters. The molecule has 0 aromatic rings. The first-order valence-electron chi connectivity index (χ1n) is 7.52. The summed E-state index contributed by atoms with van der Waals surface area (Å²) in [6.07, 6.45) is 3.81. The van der Waals surface area contributed by atoms with Crippen molar-refractivity contribution in [3.8, 4) is 0 Å². The SMILES string of the molecule is CN(CCN1CCCC1)CC(O)CN1CCCC1=O. The van der Waals surface area contributed by atoms with Crippen LogP contribution in [0.2, 0.25) is 0 Å². The Balaban J connectivity index is 1.60. The van der Waals surface area contributed by atoms with E-state index in [9.17, 15) is 9.90 Å². The van der Waals surface area contributed by atoms with Crippen LogP contribution >= 0.6 is 0 Å². The third-order valence-electron chi connectivity index (χ3n) is 4.12. The Morgan fingerprint density at radius 2 is 2.00 bits per heavy atom. The first kappa shape index (κ1) is 14.8. The minimum atomic E-state index is -0.425. The highest BCUT2D eigenvalue weighted by Crippen LogP contribution is 2.10. The standard InChI is InChI=1S/C14H27N3O2/c1-15(9-10-16-6-2-3-7-16)11-13(18)12-17-8-4-5-14(17)19/h13,18H,2-12H2,1H3. The second-order valence-corrected chi connectivity index (χ2v) is 5.91. The number of nitrogens with zero attached hydrogens (tertiary/aromatic N) is 3. The van der Waals surface area contributed by atoms with Gasteiger partial charge in [0, 0.05) is 39.1 Å². The average molecular weight is 269 g/mol. The monoisotopic (exact) mass is 269 g/mol. The molecule has 2 fully saturated rings. The molecule has 2 aliphatic rings. The highest BCUT2D eigenvalue weighted by molar-refractivity contribution is 5.78. The quantitative estimate of drug-likeness (QED) is 0.706. The van der Waals surface area contributed by atoms with E-state index in [0.29, 0.717) is 19.5 Å². The smallest absolute Gasteiger partial charge is 0.222 e. The number of hydrogen-bond acceptors (Lipinski definition) is 4. The van der Waals surface area contributed by atoms with Crippen molar-refractivity contribution in [2.45, 2.75) is 31.8 Å². The van der Waals surface area contributed by atoms with Gasteiger partial charge in [-0.15, -0.1) is 0 Å². The summed E-state index contributed by atoms with van der Waals surface area (Å²) in [6, 6.07) is 0. The Morgan fingerprint density at radius 3 is 2.63 bits per heavy atom. The van der Waals surface area contributed by atoms with Gasteiger partial charge in [-0.1, -0.05) is 0 Å². The summed E-state index contributed by atoms with van der Waals surface area (Å²) in [4.78, 5) is 17.9. The number of aliphatic hydroxyl groups excluding tert-OH is 1. The fourth-order valence-electron chi connectivity index (χ4n) is 2.98. The van der Waals surface area contributed by atoms with Crippen LogP contribution in [-0.4, -0.2) is 84.7 Å². The molecule has 0 bridgehead atoms. The first-order chi connectivity index (χ1) is 9.15. The largest absolute Gasteiger partial charge is 0.390 e. The van der Waals surface area contributed by atoms with Gasteiger partial charge in [0.05, 0.1) is 6.10 Å². The lowest BCUT2D eigenvalue weighted by atomic mass is 10.3. The zero-order chi connectivity index (χ0) is 13.7. The van der Waals surface area contributed by atoms with Gasteiger partial charge in [-0.05, 0) is 39.4 Å². The number of aliphatic hydroxyl groups is 1. The van der Waals surface area contributed by atoms with E-state index in [1.807, 2.05) is 7.05 Å². The highest BCUT2D eigenvalue weighted by Gasteiger charge is 2.23. The van der Waals surface area contributed by atoms with E-state index in [1.54, 1.807) is 4.90 Å². The maximum Gasteiger partial charge on any atom is 0.222 e. The van der Waals surface area contributed by atoms with Crippen molar-refractivity contribution in [2.75, 3.05) is 52.9 Å². The van der Waals surface area contributed by atoms with Crippen LogP contribution in [0.4, 0.5) is 0 Å². The predicted molar refractivity (Wildman–Crippen MR) is 75.0 cm³/mol. The van der Waals surface area contributed by atoms with Gasteiger partial charge in [-0.3, -0.25) is 4.79 Å². The molecule has 0 saturated carbocycles. The van der Waals surface area contributed by atoms with Crippen molar-refractivity contribution in [3.05, 3.63) is 0 Å². The molecule has 2 saturated heterocycles. The van der Waals surface area contributed by atoms with Crippen molar-refractivity contribution in [1.29, 1.82) is 0 Å². The Kier molecular flexibility index (Phi) is 5.60. The van der Waals surface area contributed by atoms with Crippen LogP contribution in [0.3, 0.4) is 0 Å². The molecule has 2 heterocycles. The van der Waals surface area contributed by atoms with Crippen molar-refractivity contribution in [3.63, 3.8) is 0 Å².